The molecule has 0 unspecified atom stereocenters. The molecule has 112 valence electrons. The summed E-state index contributed by atoms with van der Waals surface area (Å²) in [6.45, 7) is 1.28. The lowest BCUT2D eigenvalue weighted by Crippen LogP contribution is -2.41. The number of nitrogens with one attached hydrogen (secondary N) is 1. The first-order valence-corrected chi connectivity index (χ1v) is 7.22. The Hall–Kier alpha value is -1.44. The monoisotopic (exact) mass is 300 g/mol. The van der Waals surface area contributed by atoms with E-state index in [0.29, 0.717) is 19.7 Å². The Labute approximate surface area is 122 Å². The van der Waals surface area contributed by atoms with E-state index in [0.717, 1.165) is 6.42 Å². The van der Waals surface area contributed by atoms with Crippen LogP contribution in [-0.4, -0.2) is 61.8 Å². The lowest BCUT2D eigenvalue weighted by atomic mass is 10.3. The van der Waals surface area contributed by atoms with Gasteiger partial charge in [-0.2, -0.15) is 0 Å². The summed E-state index contributed by atoms with van der Waals surface area (Å²) in [6.07, 6.45) is 0.792. The number of nitrogens with zero attached hydrogens (tertiary/aromatic N) is 1. The van der Waals surface area contributed by atoms with Crippen molar-refractivity contribution in [3.8, 4) is 0 Å². The van der Waals surface area contributed by atoms with Crippen molar-refractivity contribution in [2.24, 2.45) is 0 Å². The fourth-order valence-electron chi connectivity index (χ4n) is 1.66. The smallest absolute Gasteiger partial charge is 0.317 e. The lowest BCUT2D eigenvalue weighted by molar-refractivity contribution is -0.138. The van der Waals surface area contributed by atoms with Crippen molar-refractivity contribution in [3.63, 3.8) is 0 Å². The van der Waals surface area contributed by atoms with Crippen LogP contribution in [0.2, 0.25) is 0 Å². The maximum Gasteiger partial charge on any atom is 0.317 e. The highest BCUT2D eigenvalue weighted by Gasteiger charge is 2.13. The summed E-state index contributed by atoms with van der Waals surface area (Å²) < 4.78 is 4.90. The van der Waals surface area contributed by atoms with E-state index < -0.39 is 5.97 Å². The normalized spacial score (nSPS) is 10.7. The number of carbonyl (C=O) groups is 2. The number of carboxylic acid groups (broad SMARTS) is 1. The Kier molecular flexibility index (Phi) is 7.86. The molecule has 0 aromatic carbocycles. The number of carboxylic acids is 1. The fourth-order valence-corrected chi connectivity index (χ4v) is 2.37. The summed E-state index contributed by atoms with van der Waals surface area (Å²) in [4.78, 5) is 25.2. The molecule has 7 heteroatoms. The van der Waals surface area contributed by atoms with Crippen molar-refractivity contribution in [3.05, 3.63) is 22.4 Å². The Morgan fingerprint density at radius 1 is 1.45 bits per heavy atom. The van der Waals surface area contributed by atoms with Gasteiger partial charge in [-0.3, -0.25) is 14.5 Å². The number of hydrogen-bond donors (Lipinski definition) is 2. The fraction of sp³-hybridized carbons (Fsp3) is 0.538. The zero-order valence-electron chi connectivity index (χ0n) is 11.5. The summed E-state index contributed by atoms with van der Waals surface area (Å²) in [5.74, 6) is -1.12. The van der Waals surface area contributed by atoms with Crippen molar-refractivity contribution >= 4 is 23.2 Å². The van der Waals surface area contributed by atoms with E-state index in [9.17, 15) is 9.59 Å². The van der Waals surface area contributed by atoms with Gasteiger partial charge in [-0.05, 0) is 17.9 Å². The maximum atomic E-state index is 11.7. The number of hydrogen-bond acceptors (Lipinski definition) is 5. The van der Waals surface area contributed by atoms with Gasteiger partial charge in [-0.15, -0.1) is 11.3 Å². The Morgan fingerprint density at radius 3 is 2.85 bits per heavy atom. The molecule has 1 aromatic rings. The van der Waals surface area contributed by atoms with Crippen LogP contribution in [0, 0.1) is 0 Å². The van der Waals surface area contributed by atoms with Crippen LogP contribution in [0.25, 0.3) is 0 Å². The average Bonchev–Trinajstić information content (AvgIpc) is 2.88. The molecule has 20 heavy (non-hydrogen) atoms. The van der Waals surface area contributed by atoms with E-state index in [4.69, 9.17) is 9.84 Å². The van der Waals surface area contributed by atoms with Crippen molar-refractivity contribution in [1.29, 1.82) is 0 Å². The largest absolute Gasteiger partial charge is 0.480 e. The van der Waals surface area contributed by atoms with Crippen molar-refractivity contribution < 1.29 is 19.4 Å². The number of rotatable bonds is 10. The number of methoxy groups -OCH3 is 1. The third kappa shape index (κ3) is 7.22. The molecule has 0 aliphatic carbocycles. The summed E-state index contributed by atoms with van der Waals surface area (Å²) in [5.41, 5.74) is 0. The van der Waals surface area contributed by atoms with Gasteiger partial charge in [0.25, 0.3) is 0 Å². The molecular weight excluding hydrogens is 280 g/mol. The van der Waals surface area contributed by atoms with Gasteiger partial charge in [-0.25, -0.2) is 0 Å². The molecule has 0 saturated heterocycles. The number of ether oxygens (including phenoxy) is 1. The minimum Gasteiger partial charge on any atom is -0.480 e. The second kappa shape index (κ2) is 9.46. The first-order chi connectivity index (χ1) is 9.61. The van der Waals surface area contributed by atoms with Gasteiger partial charge in [0.05, 0.1) is 19.7 Å². The molecule has 6 nitrogen and oxygen atoms in total. The Bertz CT molecular complexity index is 409. The SMILES string of the molecule is COCCN(CC(=O)O)CC(=O)NCCc1cccs1. The zero-order valence-corrected chi connectivity index (χ0v) is 12.3. The second-order valence-electron chi connectivity index (χ2n) is 4.28. The molecule has 2 N–H and O–H groups in total. The summed E-state index contributed by atoms with van der Waals surface area (Å²) in [7, 11) is 1.54. The number of amides is 1. The van der Waals surface area contributed by atoms with Crippen LogP contribution in [0.5, 0.6) is 0 Å². The third-order valence-corrected chi connectivity index (χ3v) is 3.55. The highest BCUT2D eigenvalue weighted by atomic mass is 32.1. The van der Waals surface area contributed by atoms with Gasteiger partial charge in [0.15, 0.2) is 0 Å². The molecule has 0 radical (unpaired) electrons. The number of carbonyl (C=O) groups excluding carboxylic acids is 1. The van der Waals surface area contributed by atoms with Gasteiger partial charge in [-0.1, -0.05) is 6.07 Å². The van der Waals surface area contributed by atoms with E-state index in [1.54, 1.807) is 23.3 Å². The Morgan fingerprint density at radius 2 is 2.25 bits per heavy atom. The molecule has 0 aliphatic heterocycles. The molecule has 0 fully saturated rings. The first-order valence-electron chi connectivity index (χ1n) is 6.34. The van der Waals surface area contributed by atoms with Gasteiger partial charge < -0.3 is 15.2 Å². The lowest BCUT2D eigenvalue weighted by Gasteiger charge is -2.19. The molecule has 0 saturated carbocycles. The molecule has 0 bridgehead atoms. The van der Waals surface area contributed by atoms with E-state index in [1.165, 1.54) is 4.88 Å². The number of thiophene rings is 1. The summed E-state index contributed by atoms with van der Waals surface area (Å²) in [5, 5.41) is 13.6. The van der Waals surface area contributed by atoms with Gasteiger partial charge in [0.2, 0.25) is 5.91 Å². The topological polar surface area (TPSA) is 78.9 Å². The van der Waals surface area contributed by atoms with Gasteiger partial charge in [0, 0.05) is 25.1 Å². The standard InChI is InChI=1S/C13H20N2O4S/c1-19-7-6-15(10-13(17)18)9-12(16)14-5-4-11-3-2-8-20-11/h2-3,8H,4-7,9-10H2,1H3,(H,14,16)(H,17,18). The van der Waals surface area contributed by atoms with Crippen LogP contribution in [0.4, 0.5) is 0 Å². The quantitative estimate of drug-likeness (QED) is 0.655. The molecule has 0 atom stereocenters. The predicted octanol–water partition coefficient (Wildman–Crippen LogP) is 0.440. The molecule has 0 spiro atoms. The van der Waals surface area contributed by atoms with Crippen LogP contribution in [0.15, 0.2) is 17.5 Å². The second-order valence-corrected chi connectivity index (χ2v) is 5.31. The Balaban J connectivity index is 2.27. The van der Waals surface area contributed by atoms with Crippen molar-refractivity contribution in [2.75, 3.05) is 39.9 Å². The van der Waals surface area contributed by atoms with Crippen LogP contribution in [0.3, 0.4) is 0 Å². The van der Waals surface area contributed by atoms with Crippen LogP contribution in [0.1, 0.15) is 4.88 Å². The maximum absolute atomic E-state index is 11.7. The molecule has 1 amide bonds. The van der Waals surface area contributed by atoms with Crippen LogP contribution in [-0.2, 0) is 20.7 Å². The summed E-state index contributed by atoms with van der Waals surface area (Å²) in [6, 6.07) is 3.99. The molecular formula is C13H20N2O4S. The van der Waals surface area contributed by atoms with Gasteiger partial charge >= 0.3 is 5.97 Å². The van der Waals surface area contributed by atoms with Gasteiger partial charge in [0.1, 0.15) is 0 Å². The van der Waals surface area contributed by atoms with Crippen LogP contribution >= 0.6 is 11.3 Å². The minimum absolute atomic E-state index is 0.0695. The van der Waals surface area contributed by atoms with E-state index >= 15 is 0 Å². The average molecular weight is 300 g/mol. The van der Waals surface area contributed by atoms with Crippen molar-refractivity contribution in [1.82, 2.24) is 10.2 Å². The van der Waals surface area contributed by atoms with Crippen LogP contribution < -0.4 is 5.32 Å². The molecule has 1 aromatic heterocycles. The summed E-state index contributed by atoms with van der Waals surface area (Å²) >= 11 is 1.65. The molecule has 1 rings (SSSR count). The van der Waals surface area contributed by atoms with E-state index in [-0.39, 0.29) is 19.0 Å². The highest BCUT2D eigenvalue weighted by Crippen LogP contribution is 2.07. The highest BCUT2D eigenvalue weighted by molar-refractivity contribution is 7.09. The van der Waals surface area contributed by atoms with E-state index in [1.807, 2.05) is 17.5 Å². The minimum atomic E-state index is -0.951. The van der Waals surface area contributed by atoms with E-state index in [2.05, 4.69) is 5.32 Å². The zero-order chi connectivity index (χ0) is 14.8. The molecule has 0 aliphatic rings. The van der Waals surface area contributed by atoms with Crippen molar-refractivity contribution in [2.45, 2.75) is 6.42 Å². The predicted molar refractivity (Wildman–Crippen MR) is 77.0 cm³/mol. The first kappa shape index (κ1) is 16.6. The third-order valence-electron chi connectivity index (χ3n) is 2.61. The number of aliphatic carboxylic acids is 1. The molecule has 1 heterocycles.